The van der Waals surface area contributed by atoms with Gasteiger partial charge in [0.05, 0.1) is 5.39 Å². The molecule has 0 aliphatic rings. The van der Waals surface area contributed by atoms with Crippen LogP contribution >= 0.6 is 40.3 Å². The van der Waals surface area contributed by atoms with Gasteiger partial charge in [-0.3, -0.25) is 5.41 Å². The van der Waals surface area contributed by atoms with Crippen molar-refractivity contribution >= 4 is 56.3 Å². The minimum absolute atomic E-state index is 0. The molecule has 2 aromatic rings. The zero-order chi connectivity index (χ0) is 13.8. The molecule has 0 atom stereocenters. The molecule has 0 fully saturated rings. The molecule has 1 aromatic carbocycles. The molecular formula is C12H12BrClN2O3S. The van der Waals surface area contributed by atoms with E-state index in [4.69, 9.17) is 31.9 Å². The van der Waals surface area contributed by atoms with Crippen LogP contribution in [0.5, 0.6) is 5.95 Å². The molecule has 0 aliphatic heterocycles. The third kappa shape index (κ3) is 3.91. The molecule has 0 saturated carbocycles. The Kier molecular flexibility index (Phi) is 6.38. The van der Waals surface area contributed by atoms with Crippen LogP contribution in [0, 0.1) is 5.41 Å². The molecule has 0 spiro atoms. The predicted octanol–water partition coefficient (Wildman–Crippen LogP) is 3.03. The third-order valence-corrected chi connectivity index (χ3v) is 3.36. The Morgan fingerprint density at radius 3 is 2.70 bits per heavy atom. The second-order valence-corrected chi connectivity index (χ2v) is 5.11. The van der Waals surface area contributed by atoms with Crippen molar-refractivity contribution in [3.8, 4) is 5.95 Å². The van der Waals surface area contributed by atoms with Gasteiger partial charge in [0, 0.05) is 11.1 Å². The molecule has 0 radical (unpaired) electrons. The monoisotopic (exact) mass is 378 g/mol. The number of hydrogen-bond acceptors (Lipinski definition) is 5. The summed E-state index contributed by atoms with van der Waals surface area (Å²) >= 11 is 7.26. The van der Waals surface area contributed by atoms with E-state index in [0.29, 0.717) is 16.5 Å². The Morgan fingerprint density at radius 1 is 1.40 bits per heavy atom. The number of amidine groups is 1. The molecule has 1 aromatic heterocycles. The van der Waals surface area contributed by atoms with Gasteiger partial charge in [-0.05, 0) is 6.07 Å². The second kappa shape index (κ2) is 7.56. The van der Waals surface area contributed by atoms with Crippen LogP contribution in [0.25, 0.3) is 10.8 Å². The number of nitrogens with two attached hydrogens (primary N) is 1. The van der Waals surface area contributed by atoms with Gasteiger partial charge in [0.2, 0.25) is 0 Å². The summed E-state index contributed by atoms with van der Waals surface area (Å²) in [6, 6.07) is 6.89. The van der Waals surface area contributed by atoms with Crippen molar-refractivity contribution in [1.82, 2.24) is 0 Å². The fourth-order valence-electron chi connectivity index (χ4n) is 1.53. The van der Waals surface area contributed by atoms with Crippen LogP contribution in [0.15, 0.2) is 33.5 Å². The summed E-state index contributed by atoms with van der Waals surface area (Å²) in [5.41, 5.74) is 4.70. The average Bonchev–Trinajstić information content (AvgIpc) is 2.40. The quantitative estimate of drug-likeness (QED) is 0.484. The van der Waals surface area contributed by atoms with Crippen molar-refractivity contribution in [3.63, 3.8) is 0 Å². The van der Waals surface area contributed by atoms with Crippen molar-refractivity contribution in [2.24, 2.45) is 5.73 Å². The lowest BCUT2D eigenvalue weighted by atomic mass is 10.2. The highest BCUT2D eigenvalue weighted by molar-refractivity contribution is 8.93. The van der Waals surface area contributed by atoms with Crippen molar-refractivity contribution in [2.45, 2.75) is 0 Å². The van der Waals surface area contributed by atoms with Crippen LogP contribution in [-0.4, -0.2) is 17.5 Å². The summed E-state index contributed by atoms with van der Waals surface area (Å²) in [5, 5.41) is 8.33. The van der Waals surface area contributed by atoms with E-state index in [1.165, 1.54) is 0 Å². The second-order valence-electron chi connectivity index (χ2n) is 3.60. The Labute approximate surface area is 134 Å². The van der Waals surface area contributed by atoms with Gasteiger partial charge in [-0.25, -0.2) is 4.79 Å². The molecule has 0 aliphatic carbocycles. The highest BCUT2D eigenvalue weighted by Crippen LogP contribution is 2.30. The van der Waals surface area contributed by atoms with E-state index in [1.807, 2.05) is 0 Å². The summed E-state index contributed by atoms with van der Waals surface area (Å²) in [5.74, 6) is 0.469. The van der Waals surface area contributed by atoms with Gasteiger partial charge in [0.25, 0.3) is 0 Å². The van der Waals surface area contributed by atoms with Gasteiger partial charge in [-0.15, -0.1) is 17.0 Å². The lowest BCUT2D eigenvalue weighted by Crippen LogP contribution is -2.10. The molecule has 108 valence electrons. The van der Waals surface area contributed by atoms with Crippen LogP contribution in [0.1, 0.15) is 0 Å². The van der Waals surface area contributed by atoms with E-state index >= 15 is 0 Å². The van der Waals surface area contributed by atoms with E-state index in [2.05, 4.69) is 0 Å². The van der Waals surface area contributed by atoms with Gasteiger partial charge < -0.3 is 14.9 Å². The van der Waals surface area contributed by atoms with Crippen molar-refractivity contribution in [3.05, 3.63) is 39.7 Å². The smallest absolute Gasteiger partial charge is 0.346 e. The molecule has 0 saturated heterocycles. The Hall–Kier alpha value is -1.18. The first kappa shape index (κ1) is 16.9. The van der Waals surface area contributed by atoms with Crippen LogP contribution < -0.4 is 16.1 Å². The summed E-state index contributed by atoms with van der Waals surface area (Å²) in [4.78, 5) is 11.7. The zero-order valence-electron chi connectivity index (χ0n) is 10.2. The summed E-state index contributed by atoms with van der Waals surface area (Å²) < 4.78 is 10.3. The lowest BCUT2D eigenvalue weighted by Gasteiger charge is -2.07. The minimum Gasteiger partial charge on any atom is -0.463 e. The first-order chi connectivity index (χ1) is 9.09. The third-order valence-electron chi connectivity index (χ3n) is 2.32. The fourth-order valence-corrected chi connectivity index (χ4v) is 2.17. The van der Waals surface area contributed by atoms with Gasteiger partial charge in [0.1, 0.15) is 11.6 Å². The van der Waals surface area contributed by atoms with E-state index in [1.54, 1.807) is 24.3 Å². The van der Waals surface area contributed by atoms with Crippen LogP contribution in [-0.2, 0) is 0 Å². The number of nitrogens with one attached hydrogen (secondary N) is 1. The first-order valence-electron chi connectivity index (χ1n) is 5.40. The predicted molar refractivity (Wildman–Crippen MR) is 87.7 cm³/mol. The van der Waals surface area contributed by atoms with E-state index in [9.17, 15) is 4.79 Å². The largest absolute Gasteiger partial charge is 0.463 e. The van der Waals surface area contributed by atoms with Gasteiger partial charge in [0.15, 0.2) is 5.17 Å². The molecule has 8 heteroatoms. The van der Waals surface area contributed by atoms with Gasteiger partial charge in [-0.2, -0.15) is 0 Å². The molecule has 0 amide bonds. The highest BCUT2D eigenvalue weighted by atomic mass is 79.9. The number of halogens is 2. The Bertz CT molecular complexity index is 677. The maximum atomic E-state index is 11.7. The molecule has 3 N–H and O–H groups in total. The number of benzene rings is 1. The molecule has 5 nitrogen and oxygen atoms in total. The maximum Gasteiger partial charge on any atom is 0.346 e. The molecule has 0 bridgehead atoms. The highest BCUT2D eigenvalue weighted by Gasteiger charge is 2.12. The summed E-state index contributed by atoms with van der Waals surface area (Å²) in [7, 11) is 0. The maximum absolute atomic E-state index is 11.7. The van der Waals surface area contributed by atoms with E-state index in [0.717, 1.165) is 11.8 Å². The van der Waals surface area contributed by atoms with Crippen LogP contribution in [0.3, 0.4) is 0 Å². The molecule has 0 unspecified atom stereocenters. The molecule has 2 rings (SSSR count). The number of ether oxygens (including phenoxy) is 1. The van der Waals surface area contributed by atoms with E-state index < -0.39 is 5.63 Å². The fraction of sp³-hybridized carbons (Fsp3) is 0.167. The van der Waals surface area contributed by atoms with E-state index in [-0.39, 0.29) is 39.7 Å². The first-order valence-corrected chi connectivity index (χ1v) is 6.77. The van der Waals surface area contributed by atoms with Crippen LogP contribution in [0.2, 0.25) is 5.02 Å². The van der Waals surface area contributed by atoms with Crippen LogP contribution in [0.4, 0.5) is 0 Å². The summed E-state index contributed by atoms with van der Waals surface area (Å²) in [6.45, 7) is 0.241. The standard InChI is InChI=1S/C12H11ClN2O3S.BrH/c13-9-7-3-1-2-4-8(7)10(16)18-11(9)17-5-6-19-12(14)15;/h1-4H,5-6H2,(H3,14,15);1H. The van der Waals surface area contributed by atoms with Gasteiger partial charge in [-0.1, -0.05) is 41.6 Å². The Morgan fingerprint density at radius 2 is 2.05 bits per heavy atom. The average molecular weight is 380 g/mol. The molecule has 1 heterocycles. The molecule has 20 heavy (non-hydrogen) atoms. The Balaban J connectivity index is 0.00000200. The van der Waals surface area contributed by atoms with Crippen molar-refractivity contribution in [1.29, 1.82) is 5.41 Å². The lowest BCUT2D eigenvalue weighted by molar-refractivity contribution is 0.248. The molecular weight excluding hydrogens is 368 g/mol. The normalized spacial score (nSPS) is 10.1. The van der Waals surface area contributed by atoms with Crippen molar-refractivity contribution in [2.75, 3.05) is 12.4 Å². The zero-order valence-corrected chi connectivity index (χ0v) is 13.5. The number of fused-ring (bicyclic) bond motifs is 1. The number of rotatable bonds is 4. The topological polar surface area (TPSA) is 89.3 Å². The van der Waals surface area contributed by atoms with Crippen molar-refractivity contribution < 1.29 is 9.15 Å². The van der Waals surface area contributed by atoms with Gasteiger partial charge >= 0.3 is 11.6 Å². The SMILES string of the molecule is Br.N=C(N)SCCOc1oc(=O)c2ccccc2c1Cl. The number of thioether (sulfide) groups is 1. The number of hydrogen-bond donors (Lipinski definition) is 2. The minimum atomic E-state index is -0.491. The summed E-state index contributed by atoms with van der Waals surface area (Å²) in [6.07, 6.45) is 0.